The van der Waals surface area contributed by atoms with E-state index in [1.807, 2.05) is 36.4 Å². The molecule has 0 saturated carbocycles. The van der Waals surface area contributed by atoms with Gasteiger partial charge in [0.25, 0.3) is 0 Å². The average molecular weight is 280 g/mol. The maximum absolute atomic E-state index is 12.1. The van der Waals surface area contributed by atoms with Gasteiger partial charge in [0.05, 0.1) is 12.7 Å². The van der Waals surface area contributed by atoms with Gasteiger partial charge in [-0.25, -0.2) is 4.79 Å². The summed E-state index contributed by atoms with van der Waals surface area (Å²) in [5, 5.41) is 0. The topological polar surface area (TPSA) is 26.3 Å². The molecule has 0 fully saturated rings. The second kappa shape index (κ2) is 6.40. The van der Waals surface area contributed by atoms with Gasteiger partial charge >= 0.3 is 5.97 Å². The van der Waals surface area contributed by atoms with Crippen LogP contribution in [0.25, 0.3) is 11.6 Å². The molecule has 0 aliphatic heterocycles. The Bertz CT molecular complexity index is 659. The molecule has 0 N–H and O–H groups in total. The van der Waals surface area contributed by atoms with E-state index in [0.717, 1.165) is 22.3 Å². The van der Waals surface area contributed by atoms with E-state index in [4.69, 9.17) is 4.74 Å². The van der Waals surface area contributed by atoms with Crippen molar-refractivity contribution in [3.05, 3.63) is 70.3 Å². The third-order valence-corrected chi connectivity index (χ3v) is 3.52. The predicted molar refractivity (Wildman–Crippen MR) is 87.0 cm³/mol. The lowest BCUT2D eigenvalue weighted by atomic mass is 9.95. The molecule has 0 aliphatic rings. The fourth-order valence-electron chi connectivity index (χ4n) is 2.55. The van der Waals surface area contributed by atoms with Crippen molar-refractivity contribution in [1.82, 2.24) is 0 Å². The summed E-state index contributed by atoms with van der Waals surface area (Å²) in [4.78, 5) is 12.1. The van der Waals surface area contributed by atoms with Gasteiger partial charge in [-0.2, -0.15) is 0 Å². The van der Waals surface area contributed by atoms with Gasteiger partial charge in [0.2, 0.25) is 0 Å². The van der Waals surface area contributed by atoms with Crippen molar-refractivity contribution in [2.75, 3.05) is 7.11 Å². The molecule has 0 bridgehead atoms. The minimum Gasteiger partial charge on any atom is -0.465 e. The van der Waals surface area contributed by atoms with Gasteiger partial charge in [-0.1, -0.05) is 48.0 Å². The van der Waals surface area contributed by atoms with Crippen LogP contribution in [0.2, 0.25) is 0 Å². The van der Waals surface area contributed by atoms with E-state index in [1.165, 1.54) is 12.7 Å². The molecule has 0 aromatic heterocycles. The molecule has 108 valence electrons. The molecule has 0 heterocycles. The van der Waals surface area contributed by atoms with Gasteiger partial charge in [-0.05, 0) is 49.1 Å². The number of carbonyl (C=O) groups is 1. The van der Waals surface area contributed by atoms with E-state index in [9.17, 15) is 4.79 Å². The van der Waals surface area contributed by atoms with Crippen LogP contribution in [0, 0.1) is 20.8 Å². The number of carbonyl (C=O) groups excluding carboxylic acids is 1. The van der Waals surface area contributed by atoms with Crippen molar-refractivity contribution in [3.8, 4) is 0 Å². The minimum absolute atomic E-state index is 0.319. The number of hydrogen-bond donors (Lipinski definition) is 0. The maximum Gasteiger partial charge on any atom is 0.338 e. The lowest BCUT2D eigenvalue weighted by Gasteiger charge is -2.11. The van der Waals surface area contributed by atoms with E-state index < -0.39 is 0 Å². The molecular weight excluding hydrogens is 260 g/mol. The van der Waals surface area contributed by atoms with Crippen molar-refractivity contribution in [3.63, 3.8) is 0 Å². The molecule has 2 nitrogen and oxygen atoms in total. The van der Waals surface area contributed by atoms with Crippen molar-refractivity contribution >= 4 is 17.6 Å². The Kier molecular flexibility index (Phi) is 4.59. The van der Waals surface area contributed by atoms with Crippen molar-refractivity contribution in [1.29, 1.82) is 0 Å². The molecule has 2 heteroatoms. The summed E-state index contributed by atoms with van der Waals surface area (Å²) in [5.41, 5.74) is 6.05. The third kappa shape index (κ3) is 3.40. The second-order valence-electron chi connectivity index (χ2n) is 5.23. The SMILES string of the molecule is COC(=O)/C(=C\c1c(C)cc(C)cc1C)c1ccccc1. The maximum atomic E-state index is 12.1. The molecule has 0 atom stereocenters. The highest BCUT2D eigenvalue weighted by Crippen LogP contribution is 2.24. The van der Waals surface area contributed by atoms with E-state index >= 15 is 0 Å². The Morgan fingerprint density at radius 2 is 1.57 bits per heavy atom. The zero-order valence-corrected chi connectivity index (χ0v) is 12.9. The van der Waals surface area contributed by atoms with Crippen LogP contribution in [-0.2, 0) is 9.53 Å². The first-order chi connectivity index (χ1) is 10.0. The van der Waals surface area contributed by atoms with Crippen molar-refractivity contribution < 1.29 is 9.53 Å². The Morgan fingerprint density at radius 1 is 1.00 bits per heavy atom. The van der Waals surface area contributed by atoms with Crippen molar-refractivity contribution in [2.45, 2.75) is 20.8 Å². The summed E-state index contributed by atoms with van der Waals surface area (Å²) in [6.45, 7) is 6.20. The number of benzene rings is 2. The summed E-state index contributed by atoms with van der Waals surface area (Å²) in [6.07, 6.45) is 1.92. The zero-order chi connectivity index (χ0) is 15.4. The van der Waals surface area contributed by atoms with Gasteiger partial charge in [-0.15, -0.1) is 0 Å². The van der Waals surface area contributed by atoms with Crippen molar-refractivity contribution in [2.24, 2.45) is 0 Å². The molecule has 2 aromatic carbocycles. The Balaban J connectivity index is 2.60. The smallest absolute Gasteiger partial charge is 0.338 e. The lowest BCUT2D eigenvalue weighted by molar-refractivity contribution is -0.133. The van der Waals surface area contributed by atoms with E-state index in [2.05, 4.69) is 32.9 Å². The average Bonchev–Trinajstić information content (AvgIpc) is 2.46. The van der Waals surface area contributed by atoms with Crippen LogP contribution in [0.1, 0.15) is 27.8 Å². The summed E-state index contributed by atoms with van der Waals surface area (Å²) < 4.78 is 4.94. The van der Waals surface area contributed by atoms with Crippen LogP contribution < -0.4 is 0 Å². The summed E-state index contributed by atoms with van der Waals surface area (Å²) >= 11 is 0. The standard InChI is InChI=1S/C19H20O2/c1-13-10-14(2)17(15(3)11-13)12-18(19(20)21-4)16-8-6-5-7-9-16/h5-12H,1-4H3/b18-12-. The van der Waals surface area contributed by atoms with Gasteiger partial charge in [-0.3, -0.25) is 0 Å². The Labute approximate surface area is 126 Å². The first-order valence-corrected chi connectivity index (χ1v) is 6.96. The second-order valence-corrected chi connectivity index (χ2v) is 5.23. The molecule has 2 aromatic rings. The van der Waals surface area contributed by atoms with Crippen LogP contribution in [0.3, 0.4) is 0 Å². The minimum atomic E-state index is -0.319. The Hall–Kier alpha value is -2.35. The normalized spacial score (nSPS) is 11.3. The number of hydrogen-bond acceptors (Lipinski definition) is 2. The number of rotatable bonds is 3. The quantitative estimate of drug-likeness (QED) is 0.475. The monoisotopic (exact) mass is 280 g/mol. The highest BCUT2D eigenvalue weighted by atomic mass is 16.5. The molecule has 0 saturated heterocycles. The van der Waals surface area contributed by atoms with Gasteiger partial charge in [0, 0.05) is 0 Å². The Morgan fingerprint density at radius 3 is 2.10 bits per heavy atom. The fraction of sp³-hybridized carbons (Fsp3) is 0.211. The van der Waals surface area contributed by atoms with Crippen LogP contribution in [0.15, 0.2) is 42.5 Å². The molecule has 0 unspecified atom stereocenters. The number of aryl methyl sites for hydroxylation is 3. The summed E-state index contributed by atoms with van der Waals surface area (Å²) in [7, 11) is 1.41. The first kappa shape index (κ1) is 15.0. The molecule has 21 heavy (non-hydrogen) atoms. The largest absolute Gasteiger partial charge is 0.465 e. The van der Waals surface area contributed by atoms with Gasteiger partial charge in [0.1, 0.15) is 0 Å². The molecular formula is C19H20O2. The summed E-state index contributed by atoms with van der Waals surface area (Å²) in [5.74, 6) is -0.319. The van der Waals surface area contributed by atoms with Crippen LogP contribution in [0.5, 0.6) is 0 Å². The van der Waals surface area contributed by atoms with Crippen LogP contribution >= 0.6 is 0 Å². The third-order valence-electron chi connectivity index (χ3n) is 3.52. The van der Waals surface area contributed by atoms with E-state index in [0.29, 0.717) is 5.57 Å². The highest BCUT2D eigenvalue weighted by Gasteiger charge is 2.13. The first-order valence-electron chi connectivity index (χ1n) is 6.96. The molecule has 0 amide bonds. The predicted octanol–water partition coefficient (Wildman–Crippen LogP) is 4.33. The molecule has 0 radical (unpaired) electrons. The van der Waals surface area contributed by atoms with Crippen LogP contribution in [0.4, 0.5) is 0 Å². The van der Waals surface area contributed by atoms with Gasteiger partial charge < -0.3 is 4.74 Å². The number of methoxy groups -OCH3 is 1. The molecule has 0 spiro atoms. The van der Waals surface area contributed by atoms with E-state index in [1.54, 1.807) is 0 Å². The number of esters is 1. The summed E-state index contributed by atoms with van der Waals surface area (Å²) in [6, 6.07) is 13.9. The number of ether oxygens (including phenoxy) is 1. The highest BCUT2D eigenvalue weighted by molar-refractivity contribution is 6.21. The van der Waals surface area contributed by atoms with E-state index in [-0.39, 0.29) is 5.97 Å². The van der Waals surface area contributed by atoms with Gasteiger partial charge in [0.15, 0.2) is 0 Å². The lowest BCUT2D eigenvalue weighted by Crippen LogP contribution is -2.04. The van der Waals surface area contributed by atoms with Crippen LogP contribution in [-0.4, -0.2) is 13.1 Å². The fourth-order valence-corrected chi connectivity index (χ4v) is 2.55. The molecule has 2 rings (SSSR count). The molecule has 0 aliphatic carbocycles. The zero-order valence-electron chi connectivity index (χ0n) is 12.9.